The molecule has 11 heavy (non-hydrogen) atoms. The molecule has 0 rings (SSSR count). The van der Waals surface area contributed by atoms with E-state index in [1.54, 1.807) is 0 Å². The van der Waals surface area contributed by atoms with Crippen LogP contribution in [-0.2, 0) is 0 Å². The maximum absolute atomic E-state index is 13.6. The summed E-state index contributed by atoms with van der Waals surface area (Å²) in [5.74, 6) is 0. The topological polar surface area (TPSA) is 0 Å². The average Bonchev–Trinajstić information content (AvgIpc) is 2.05. The van der Waals surface area contributed by atoms with Gasteiger partial charge in [0.2, 0.25) is 0 Å². The van der Waals surface area contributed by atoms with Gasteiger partial charge in [-0.2, -0.15) is 0 Å². The molecule has 0 N–H and O–H groups in total. The van der Waals surface area contributed by atoms with Crippen molar-refractivity contribution in [1.29, 1.82) is 0 Å². The first kappa shape index (κ1) is 11.4. The van der Waals surface area contributed by atoms with Crippen LogP contribution in [-0.4, -0.2) is 11.0 Å². The molecular weight excluding hydrogens is 207 g/mol. The lowest BCUT2D eigenvalue weighted by atomic mass is 9.93. The van der Waals surface area contributed by atoms with Gasteiger partial charge in [0.15, 0.2) is 0 Å². The van der Waals surface area contributed by atoms with Gasteiger partial charge >= 0.3 is 0 Å². The van der Waals surface area contributed by atoms with Crippen LogP contribution in [0.2, 0.25) is 0 Å². The molecule has 0 unspecified atom stereocenters. The zero-order valence-corrected chi connectivity index (χ0v) is 9.08. The summed E-state index contributed by atoms with van der Waals surface area (Å²) in [5, 5.41) is 0.997. The Hall–Kier alpha value is 0.410. The van der Waals surface area contributed by atoms with Crippen molar-refractivity contribution in [2.75, 3.05) is 5.33 Å². The minimum Gasteiger partial charge on any atom is -0.244 e. The van der Waals surface area contributed by atoms with Crippen LogP contribution in [0.25, 0.3) is 0 Å². The maximum atomic E-state index is 13.6. The summed E-state index contributed by atoms with van der Waals surface area (Å²) >= 11 is 3.34. The molecule has 0 saturated carbocycles. The van der Waals surface area contributed by atoms with E-state index < -0.39 is 5.67 Å². The minimum atomic E-state index is -0.887. The number of hydrogen-bond donors (Lipinski definition) is 0. The Kier molecular flexibility index (Phi) is 6.21. The fourth-order valence-electron chi connectivity index (χ4n) is 1.14. The third-order valence-electron chi connectivity index (χ3n) is 2.28. The second kappa shape index (κ2) is 5.99. The molecule has 2 heteroatoms. The summed E-state index contributed by atoms with van der Waals surface area (Å²) in [4.78, 5) is 0. The standard InChI is InChI=1S/C9H18BrF/c1-3-9(11,4-2)7-5-6-8-10/h3-8H2,1-2H3. The second-order valence-electron chi connectivity index (χ2n) is 3.00. The monoisotopic (exact) mass is 224 g/mol. The quantitative estimate of drug-likeness (QED) is 0.472. The largest absolute Gasteiger partial charge is 0.244 e. The second-order valence-corrected chi connectivity index (χ2v) is 3.80. The number of rotatable bonds is 6. The van der Waals surface area contributed by atoms with E-state index in [9.17, 15) is 4.39 Å². The number of hydrogen-bond acceptors (Lipinski definition) is 0. The Labute approximate surface area is 77.7 Å². The van der Waals surface area contributed by atoms with Gasteiger partial charge in [-0.1, -0.05) is 29.8 Å². The van der Waals surface area contributed by atoms with Gasteiger partial charge in [-0.05, 0) is 32.1 Å². The van der Waals surface area contributed by atoms with Gasteiger partial charge in [0.25, 0.3) is 0 Å². The molecule has 0 aliphatic carbocycles. The summed E-state index contributed by atoms with van der Waals surface area (Å²) in [7, 11) is 0. The van der Waals surface area contributed by atoms with Crippen molar-refractivity contribution in [3.63, 3.8) is 0 Å². The first-order valence-electron chi connectivity index (χ1n) is 4.43. The molecule has 0 fully saturated rings. The normalized spacial score (nSPS) is 12.0. The number of halogens is 2. The summed E-state index contributed by atoms with van der Waals surface area (Å²) in [5.41, 5.74) is -0.887. The predicted octanol–water partition coefficient (Wildman–Crippen LogP) is 4.08. The van der Waals surface area contributed by atoms with Crippen molar-refractivity contribution in [2.24, 2.45) is 0 Å². The molecule has 0 saturated heterocycles. The van der Waals surface area contributed by atoms with Gasteiger partial charge in [0, 0.05) is 5.33 Å². The highest BCUT2D eigenvalue weighted by Gasteiger charge is 2.23. The molecule has 0 aliphatic rings. The van der Waals surface area contributed by atoms with E-state index in [0.29, 0.717) is 12.8 Å². The molecule has 0 aromatic rings. The maximum Gasteiger partial charge on any atom is 0.110 e. The molecule has 0 aromatic heterocycles. The van der Waals surface area contributed by atoms with Gasteiger partial charge in [0.1, 0.15) is 5.67 Å². The van der Waals surface area contributed by atoms with Crippen LogP contribution in [0.5, 0.6) is 0 Å². The van der Waals surface area contributed by atoms with Gasteiger partial charge in [-0.25, -0.2) is 4.39 Å². The molecule has 0 spiro atoms. The Bertz CT molecular complexity index is 89.6. The van der Waals surface area contributed by atoms with Gasteiger partial charge in [0.05, 0.1) is 0 Å². The minimum absolute atomic E-state index is 0.659. The van der Waals surface area contributed by atoms with Crippen LogP contribution in [0.15, 0.2) is 0 Å². The zero-order chi connectivity index (χ0) is 8.74. The third-order valence-corrected chi connectivity index (χ3v) is 2.84. The lowest BCUT2D eigenvalue weighted by Crippen LogP contribution is -2.20. The molecule has 0 heterocycles. The summed E-state index contributed by atoms with van der Waals surface area (Å²) in [6.07, 6.45) is 4.14. The highest BCUT2D eigenvalue weighted by atomic mass is 79.9. The number of unbranched alkanes of at least 4 members (excludes halogenated alkanes) is 1. The van der Waals surface area contributed by atoms with E-state index in [1.807, 2.05) is 13.8 Å². The third kappa shape index (κ3) is 4.78. The van der Waals surface area contributed by atoms with Crippen LogP contribution in [0, 0.1) is 0 Å². The van der Waals surface area contributed by atoms with Crippen molar-refractivity contribution >= 4 is 15.9 Å². The Morgan fingerprint density at radius 1 is 1.18 bits per heavy atom. The Balaban J connectivity index is 3.51. The molecule has 0 nitrogen and oxygen atoms in total. The van der Waals surface area contributed by atoms with E-state index in [4.69, 9.17) is 0 Å². The van der Waals surface area contributed by atoms with Crippen LogP contribution in [0.1, 0.15) is 46.0 Å². The lowest BCUT2D eigenvalue weighted by Gasteiger charge is -2.21. The highest BCUT2D eigenvalue weighted by Crippen LogP contribution is 2.26. The van der Waals surface area contributed by atoms with Gasteiger partial charge < -0.3 is 0 Å². The highest BCUT2D eigenvalue weighted by molar-refractivity contribution is 9.09. The summed E-state index contributed by atoms with van der Waals surface area (Å²) in [6.45, 7) is 3.86. The predicted molar refractivity (Wildman–Crippen MR) is 52.1 cm³/mol. The fourth-order valence-corrected chi connectivity index (χ4v) is 1.54. The van der Waals surface area contributed by atoms with Crippen molar-refractivity contribution < 1.29 is 4.39 Å². The van der Waals surface area contributed by atoms with E-state index in [0.717, 1.165) is 24.6 Å². The van der Waals surface area contributed by atoms with Crippen LogP contribution < -0.4 is 0 Å². The van der Waals surface area contributed by atoms with E-state index in [-0.39, 0.29) is 0 Å². The molecule has 68 valence electrons. The molecule has 0 amide bonds. The van der Waals surface area contributed by atoms with E-state index in [1.165, 1.54) is 0 Å². The average molecular weight is 225 g/mol. The smallest absolute Gasteiger partial charge is 0.110 e. The molecule has 0 bridgehead atoms. The van der Waals surface area contributed by atoms with E-state index in [2.05, 4.69) is 15.9 Å². The summed E-state index contributed by atoms with van der Waals surface area (Å²) < 4.78 is 13.6. The van der Waals surface area contributed by atoms with Crippen molar-refractivity contribution in [1.82, 2.24) is 0 Å². The van der Waals surface area contributed by atoms with Crippen molar-refractivity contribution in [2.45, 2.75) is 51.6 Å². The zero-order valence-electron chi connectivity index (χ0n) is 7.50. The van der Waals surface area contributed by atoms with Crippen LogP contribution in [0.4, 0.5) is 4.39 Å². The lowest BCUT2D eigenvalue weighted by molar-refractivity contribution is 0.134. The first-order chi connectivity index (χ1) is 5.18. The molecular formula is C9H18BrF. The van der Waals surface area contributed by atoms with Gasteiger partial charge in [-0.15, -0.1) is 0 Å². The fraction of sp³-hybridized carbons (Fsp3) is 1.00. The molecule has 0 aliphatic heterocycles. The number of alkyl halides is 2. The van der Waals surface area contributed by atoms with Crippen LogP contribution in [0.3, 0.4) is 0 Å². The van der Waals surface area contributed by atoms with Crippen molar-refractivity contribution in [3.8, 4) is 0 Å². The van der Waals surface area contributed by atoms with Gasteiger partial charge in [-0.3, -0.25) is 0 Å². The molecule has 0 aromatic carbocycles. The van der Waals surface area contributed by atoms with E-state index >= 15 is 0 Å². The SMILES string of the molecule is CCC(F)(CC)CCCCBr. The van der Waals surface area contributed by atoms with Crippen LogP contribution >= 0.6 is 15.9 Å². The summed E-state index contributed by atoms with van der Waals surface area (Å²) in [6, 6.07) is 0. The molecule has 0 atom stereocenters. The molecule has 0 radical (unpaired) electrons. The Morgan fingerprint density at radius 3 is 2.09 bits per heavy atom. The first-order valence-corrected chi connectivity index (χ1v) is 5.55. The van der Waals surface area contributed by atoms with Crippen molar-refractivity contribution in [3.05, 3.63) is 0 Å². The Morgan fingerprint density at radius 2 is 1.73 bits per heavy atom.